The lowest BCUT2D eigenvalue weighted by molar-refractivity contribution is -0.206. The van der Waals surface area contributed by atoms with Gasteiger partial charge in [0.1, 0.15) is 24.4 Å². The highest BCUT2D eigenvalue weighted by atomic mass is 31.2. The Bertz CT molecular complexity index is 618. The van der Waals surface area contributed by atoms with Crippen LogP contribution in [0.4, 0.5) is 0 Å². The molecule has 0 aliphatic carbocycles. The van der Waals surface area contributed by atoms with Crippen LogP contribution in [0.3, 0.4) is 0 Å². The van der Waals surface area contributed by atoms with Crippen molar-refractivity contribution in [3.05, 3.63) is 35.9 Å². The van der Waals surface area contributed by atoms with Crippen molar-refractivity contribution in [1.29, 1.82) is 0 Å². The molecule has 1 aromatic rings. The van der Waals surface area contributed by atoms with Gasteiger partial charge < -0.3 is 29.8 Å². The molecular formula is C15H19O7P. The number of aliphatic hydroxyl groups excluding tert-OH is 3. The summed E-state index contributed by atoms with van der Waals surface area (Å²) in [5.41, 5.74) is 0.690. The summed E-state index contributed by atoms with van der Waals surface area (Å²) in [4.78, 5) is 17.8. The molecule has 1 aliphatic rings. The molecule has 0 aromatic heterocycles. The van der Waals surface area contributed by atoms with Crippen LogP contribution >= 0.6 is 7.60 Å². The van der Waals surface area contributed by atoms with Crippen LogP contribution in [0.25, 0.3) is 0 Å². The quantitative estimate of drug-likeness (QED) is 0.369. The van der Waals surface area contributed by atoms with E-state index in [1.165, 1.54) is 0 Å². The Morgan fingerprint density at radius 1 is 1.04 bits per heavy atom. The summed E-state index contributed by atoms with van der Waals surface area (Å²) in [7, 11) is -4.25. The van der Waals surface area contributed by atoms with E-state index < -0.39 is 44.3 Å². The first-order chi connectivity index (χ1) is 10.8. The van der Waals surface area contributed by atoms with E-state index in [9.17, 15) is 19.9 Å². The molecule has 0 radical (unpaired) electrons. The lowest BCUT2D eigenvalue weighted by Crippen LogP contribution is -2.57. The van der Waals surface area contributed by atoms with Crippen LogP contribution in [0.15, 0.2) is 30.3 Å². The second-order valence-electron chi connectivity index (χ2n) is 5.38. The Labute approximate surface area is 133 Å². The smallest absolute Gasteiger partial charge is 0.325 e. The second-order valence-corrected chi connectivity index (χ2v) is 7.16. The number of hydrogen-bond donors (Lipinski definition) is 5. The predicted octanol–water partition coefficient (Wildman–Crippen LogP) is -0.544. The lowest BCUT2D eigenvalue weighted by Gasteiger charge is -2.38. The maximum absolute atomic E-state index is 10.9. The van der Waals surface area contributed by atoms with E-state index in [1.807, 2.05) is 6.07 Å². The average molecular weight is 342 g/mol. The second kappa shape index (κ2) is 7.56. The molecule has 2 rings (SSSR count). The van der Waals surface area contributed by atoms with Gasteiger partial charge in [-0.3, -0.25) is 4.57 Å². The minimum Gasteiger partial charge on any atom is -0.388 e. The Morgan fingerprint density at radius 3 is 2.30 bits per heavy atom. The molecule has 1 aromatic carbocycles. The minimum absolute atomic E-state index is 0.154. The van der Waals surface area contributed by atoms with E-state index in [4.69, 9.17) is 14.5 Å². The lowest BCUT2D eigenvalue weighted by atomic mass is 9.94. The largest absolute Gasteiger partial charge is 0.388 e. The third kappa shape index (κ3) is 5.13. The van der Waals surface area contributed by atoms with E-state index in [1.54, 1.807) is 24.3 Å². The van der Waals surface area contributed by atoms with Crippen molar-refractivity contribution in [2.24, 2.45) is 0 Å². The molecule has 5 atom stereocenters. The normalized spacial score (nSPS) is 31.3. The van der Waals surface area contributed by atoms with Crippen molar-refractivity contribution in [2.45, 2.75) is 36.9 Å². The third-order valence-electron chi connectivity index (χ3n) is 3.55. The first kappa shape index (κ1) is 18.1. The molecule has 8 heteroatoms. The van der Waals surface area contributed by atoms with E-state index in [-0.39, 0.29) is 6.42 Å². The van der Waals surface area contributed by atoms with Gasteiger partial charge >= 0.3 is 7.60 Å². The van der Waals surface area contributed by atoms with Gasteiger partial charge in [-0.2, -0.15) is 0 Å². The van der Waals surface area contributed by atoms with Crippen LogP contribution in [0, 0.1) is 11.8 Å². The highest BCUT2D eigenvalue weighted by Crippen LogP contribution is 2.37. The molecule has 0 amide bonds. The molecule has 5 N–H and O–H groups in total. The maximum atomic E-state index is 10.9. The summed E-state index contributed by atoms with van der Waals surface area (Å²) in [6.45, 7) is 0. The molecule has 1 aliphatic heterocycles. The SMILES string of the molecule is O=P(O)(O)CC[C@H]1OC(C#Cc2ccccc2)[C@@H](O)[C@@H](O)[C@@H]1O. The summed E-state index contributed by atoms with van der Waals surface area (Å²) >= 11 is 0. The molecule has 7 nitrogen and oxygen atoms in total. The Hall–Kier alpha value is -1.23. The van der Waals surface area contributed by atoms with Crippen molar-refractivity contribution in [2.75, 3.05) is 6.16 Å². The third-order valence-corrected chi connectivity index (χ3v) is 4.39. The van der Waals surface area contributed by atoms with Crippen molar-refractivity contribution in [3.8, 4) is 11.8 Å². The molecule has 126 valence electrons. The van der Waals surface area contributed by atoms with Gasteiger partial charge in [-0.25, -0.2) is 0 Å². The molecule has 0 spiro atoms. The van der Waals surface area contributed by atoms with Crippen LogP contribution < -0.4 is 0 Å². The molecule has 1 fully saturated rings. The number of hydrogen-bond acceptors (Lipinski definition) is 5. The highest BCUT2D eigenvalue weighted by molar-refractivity contribution is 7.51. The first-order valence-corrected chi connectivity index (χ1v) is 8.88. The van der Waals surface area contributed by atoms with Crippen LogP contribution in [-0.4, -0.2) is 61.8 Å². The summed E-state index contributed by atoms with van der Waals surface area (Å²) in [6, 6.07) is 8.94. The van der Waals surface area contributed by atoms with Crippen LogP contribution in [-0.2, 0) is 9.30 Å². The van der Waals surface area contributed by atoms with Crippen LogP contribution in [0.2, 0.25) is 0 Å². The summed E-state index contributed by atoms with van der Waals surface area (Å²) in [5.74, 6) is 5.47. The van der Waals surface area contributed by atoms with Gasteiger partial charge in [0.05, 0.1) is 12.3 Å². The van der Waals surface area contributed by atoms with Gasteiger partial charge in [0.25, 0.3) is 0 Å². The van der Waals surface area contributed by atoms with E-state index in [0.29, 0.717) is 5.56 Å². The molecular weight excluding hydrogens is 323 g/mol. The van der Waals surface area contributed by atoms with Gasteiger partial charge in [-0.15, -0.1) is 0 Å². The van der Waals surface area contributed by atoms with Crippen molar-refractivity contribution < 1.29 is 34.4 Å². The number of rotatable bonds is 3. The standard InChI is InChI=1S/C15H19O7P/c16-13-11(7-6-10-4-2-1-3-5-10)22-12(14(17)15(13)18)8-9-23(19,20)21/h1-5,11-18H,8-9H2,(H2,19,20,21)/t11?,12-,13-,14-,15-/m1/s1. The van der Waals surface area contributed by atoms with Crippen LogP contribution in [0.1, 0.15) is 12.0 Å². The fourth-order valence-corrected chi connectivity index (χ4v) is 2.87. The molecule has 0 bridgehead atoms. The summed E-state index contributed by atoms with van der Waals surface area (Å²) < 4.78 is 16.4. The fraction of sp³-hybridized carbons (Fsp3) is 0.467. The van der Waals surface area contributed by atoms with Crippen molar-refractivity contribution in [3.63, 3.8) is 0 Å². The fourth-order valence-electron chi connectivity index (χ4n) is 2.28. The monoisotopic (exact) mass is 342 g/mol. The Morgan fingerprint density at radius 2 is 1.70 bits per heavy atom. The number of aliphatic hydroxyl groups is 3. The van der Waals surface area contributed by atoms with Crippen molar-refractivity contribution in [1.82, 2.24) is 0 Å². The highest BCUT2D eigenvalue weighted by Gasteiger charge is 2.43. The van der Waals surface area contributed by atoms with Gasteiger partial charge in [0, 0.05) is 5.56 Å². The van der Waals surface area contributed by atoms with Gasteiger partial charge in [-0.05, 0) is 18.6 Å². The maximum Gasteiger partial charge on any atom is 0.325 e. The molecule has 23 heavy (non-hydrogen) atoms. The molecule has 1 unspecified atom stereocenters. The molecule has 0 saturated carbocycles. The molecule has 1 saturated heterocycles. The minimum atomic E-state index is -4.25. The zero-order valence-electron chi connectivity index (χ0n) is 12.2. The Balaban J connectivity index is 2.10. The van der Waals surface area contributed by atoms with E-state index in [2.05, 4.69) is 11.8 Å². The zero-order chi connectivity index (χ0) is 17.0. The predicted molar refractivity (Wildman–Crippen MR) is 81.5 cm³/mol. The number of benzene rings is 1. The van der Waals surface area contributed by atoms with Gasteiger partial charge in [0.2, 0.25) is 0 Å². The van der Waals surface area contributed by atoms with Gasteiger partial charge in [0.15, 0.2) is 0 Å². The zero-order valence-corrected chi connectivity index (χ0v) is 13.1. The first-order valence-electron chi connectivity index (χ1n) is 7.09. The summed E-state index contributed by atoms with van der Waals surface area (Å²) in [5, 5.41) is 29.7. The Kier molecular flexibility index (Phi) is 5.95. The van der Waals surface area contributed by atoms with E-state index >= 15 is 0 Å². The van der Waals surface area contributed by atoms with Crippen molar-refractivity contribution >= 4 is 7.60 Å². The van der Waals surface area contributed by atoms with E-state index in [0.717, 1.165) is 0 Å². The topological polar surface area (TPSA) is 127 Å². The number of ether oxygens (including phenoxy) is 1. The molecule has 1 heterocycles. The summed E-state index contributed by atoms with van der Waals surface area (Å²) in [6.07, 6.45) is -7.07. The van der Waals surface area contributed by atoms with Crippen LogP contribution in [0.5, 0.6) is 0 Å². The van der Waals surface area contributed by atoms with Gasteiger partial charge in [-0.1, -0.05) is 30.0 Å². The average Bonchev–Trinajstić information content (AvgIpc) is 2.51.